The topological polar surface area (TPSA) is 57.6 Å². The van der Waals surface area contributed by atoms with Crippen LogP contribution in [-0.4, -0.2) is 28.6 Å². The molecule has 0 bridgehead atoms. The molecule has 1 aliphatic carbocycles. The number of carbonyl (C=O) groups excluding carboxylic acids is 2. The normalized spacial score (nSPS) is 31.9. The minimum atomic E-state index is -0.482. The summed E-state index contributed by atoms with van der Waals surface area (Å²) in [6.07, 6.45) is 3.30. The number of hydrogen-bond donors (Lipinski definition) is 1. The molecule has 4 heteroatoms. The molecule has 1 saturated heterocycles. The minimum Gasteiger partial charge on any atom is -0.376 e. The lowest BCUT2D eigenvalue weighted by Crippen LogP contribution is -2.31. The quantitative estimate of drug-likeness (QED) is 0.483. The molecule has 1 aliphatic heterocycles. The van der Waals surface area contributed by atoms with Gasteiger partial charge in [-0.2, -0.15) is 0 Å². The zero-order valence-electron chi connectivity index (χ0n) is 8.06. The molecule has 0 aromatic carbocycles. The number of amides is 2. The van der Waals surface area contributed by atoms with Crippen molar-refractivity contribution in [2.75, 3.05) is 6.73 Å². The lowest BCUT2D eigenvalue weighted by molar-refractivity contribution is -0.143. The standard InChI is InChI=1S/C10H13NO3/c1-6-2-3-7-8(4-6)10(14)11(5-12)9(7)13/h2,7-8,12H,3-5H2,1H3. The average Bonchev–Trinajstić information content (AvgIpc) is 2.39. The highest BCUT2D eigenvalue weighted by atomic mass is 16.3. The van der Waals surface area contributed by atoms with Crippen LogP contribution < -0.4 is 0 Å². The fraction of sp³-hybridized carbons (Fsp3) is 0.600. The van der Waals surface area contributed by atoms with Gasteiger partial charge in [0.1, 0.15) is 6.73 Å². The van der Waals surface area contributed by atoms with Crippen LogP contribution in [0.2, 0.25) is 0 Å². The summed E-state index contributed by atoms with van der Waals surface area (Å²) in [5.41, 5.74) is 1.16. The average molecular weight is 195 g/mol. The van der Waals surface area contributed by atoms with Crippen molar-refractivity contribution in [3.05, 3.63) is 11.6 Å². The fourth-order valence-electron chi connectivity index (χ4n) is 2.25. The largest absolute Gasteiger partial charge is 0.376 e. The van der Waals surface area contributed by atoms with E-state index in [1.54, 1.807) is 0 Å². The van der Waals surface area contributed by atoms with Crippen LogP contribution in [0.4, 0.5) is 0 Å². The Labute approximate surface area is 82.2 Å². The zero-order chi connectivity index (χ0) is 10.3. The van der Waals surface area contributed by atoms with Gasteiger partial charge in [-0.3, -0.25) is 14.5 Å². The monoisotopic (exact) mass is 195 g/mol. The second-order valence-corrected chi connectivity index (χ2v) is 3.95. The molecule has 0 spiro atoms. The number of imide groups is 1. The predicted molar refractivity (Wildman–Crippen MR) is 48.9 cm³/mol. The number of nitrogens with zero attached hydrogens (tertiary/aromatic N) is 1. The maximum Gasteiger partial charge on any atom is 0.235 e. The molecule has 1 heterocycles. The van der Waals surface area contributed by atoms with E-state index in [0.29, 0.717) is 12.8 Å². The Balaban J connectivity index is 2.27. The second-order valence-electron chi connectivity index (χ2n) is 3.95. The van der Waals surface area contributed by atoms with Crippen molar-refractivity contribution in [3.63, 3.8) is 0 Å². The van der Waals surface area contributed by atoms with Crippen molar-refractivity contribution in [1.29, 1.82) is 0 Å². The minimum absolute atomic E-state index is 0.213. The first-order valence-corrected chi connectivity index (χ1v) is 4.77. The number of likely N-dealkylation sites (tertiary alicyclic amines) is 1. The van der Waals surface area contributed by atoms with Gasteiger partial charge in [-0.25, -0.2) is 0 Å². The first-order chi connectivity index (χ1) is 6.65. The molecule has 2 atom stereocenters. The highest BCUT2D eigenvalue weighted by Gasteiger charge is 2.47. The van der Waals surface area contributed by atoms with Crippen molar-refractivity contribution in [2.24, 2.45) is 11.8 Å². The summed E-state index contributed by atoms with van der Waals surface area (Å²) in [5.74, 6) is -0.876. The van der Waals surface area contributed by atoms with Crippen LogP contribution in [0.1, 0.15) is 19.8 Å². The Morgan fingerprint density at radius 1 is 1.43 bits per heavy atom. The number of rotatable bonds is 1. The fourth-order valence-corrected chi connectivity index (χ4v) is 2.25. The number of hydrogen-bond acceptors (Lipinski definition) is 3. The first-order valence-electron chi connectivity index (χ1n) is 4.77. The smallest absolute Gasteiger partial charge is 0.235 e. The van der Waals surface area contributed by atoms with E-state index >= 15 is 0 Å². The van der Waals surface area contributed by atoms with E-state index in [-0.39, 0.29) is 23.7 Å². The predicted octanol–water partition coefficient (Wildman–Crippen LogP) is 0.278. The summed E-state index contributed by atoms with van der Waals surface area (Å²) in [6.45, 7) is 1.49. The third-order valence-electron chi connectivity index (χ3n) is 3.06. The zero-order valence-corrected chi connectivity index (χ0v) is 8.06. The van der Waals surface area contributed by atoms with Crippen molar-refractivity contribution in [3.8, 4) is 0 Å². The molecule has 2 aliphatic rings. The van der Waals surface area contributed by atoms with Crippen LogP contribution in [0.25, 0.3) is 0 Å². The second kappa shape index (κ2) is 3.20. The summed E-state index contributed by atoms with van der Waals surface area (Å²) in [7, 11) is 0. The molecule has 76 valence electrons. The Morgan fingerprint density at radius 3 is 2.71 bits per heavy atom. The Morgan fingerprint density at radius 2 is 2.07 bits per heavy atom. The number of aliphatic hydroxyl groups is 1. The van der Waals surface area contributed by atoms with Crippen molar-refractivity contribution in [1.82, 2.24) is 4.90 Å². The molecule has 2 unspecified atom stereocenters. The van der Waals surface area contributed by atoms with Crippen LogP contribution in [0, 0.1) is 11.8 Å². The summed E-state index contributed by atoms with van der Waals surface area (Å²) in [4.78, 5) is 24.2. The maximum atomic E-state index is 11.6. The number of allylic oxidation sites excluding steroid dienone is 2. The number of fused-ring (bicyclic) bond motifs is 1. The van der Waals surface area contributed by atoms with Gasteiger partial charge in [0.25, 0.3) is 0 Å². The molecule has 0 radical (unpaired) electrons. The number of carbonyl (C=O) groups is 2. The highest BCUT2D eigenvalue weighted by molar-refractivity contribution is 6.05. The Kier molecular flexibility index (Phi) is 2.15. The van der Waals surface area contributed by atoms with Gasteiger partial charge in [0.05, 0.1) is 11.8 Å². The lowest BCUT2D eigenvalue weighted by atomic mass is 9.82. The summed E-state index contributed by atoms with van der Waals surface area (Å²) < 4.78 is 0. The Hall–Kier alpha value is -1.16. The van der Waals surface area contributed by atoms with Crippen LogP contribution in [0.3, 0.4) is 0 Å². The van der Waals surface area contributed by atoms with E-state index in [2.05, 4.69) is 0 Å². The van der Waals surface area contributed by atoms with Gasteiger partial charge < -0.3 is 5.11 Å². The summed E-state index contributed by atoms with van der Waals surface area (Å²) >= 11 is 0. The van der Waals surface area contributed by atoms with Gasteiger partial charge in [-0.1, -0.05) is 11.6 Å². The summed E-state index contributed by atoms with van der Waals surface area (Å²) in [5, 5.41) is 8.89. The van der Waals surface area contributed by atoms with E-state index in [0.717, 1.165) is 10.5 Å². The van der Waals surface area contributed by atoms with E-state index in [1.807, 2.05) is 13.0 Å². The lowest BCUT2D eigenvalue weighted by Gasteiger charge is -2.18. The van der Waals surface area contributed by atoms with E-state index < -0.39 is 6.73 Å². The Bertz CT molecular complexity index is 321. The molecule has 0 aromatic rings. The molecule has 14 heavy (non-hydrogen) atoms. The van der Waals surface area contributed by atoms with Gasteiger partial charge >= 0.3 is 0 Å². The highest BCUT2D eigenvalue weighted by Crippen LogP contribution is 2.37. The third-order valence-corrected chi connectivity index (χ3v) is 3.06. The van der Waals surface area contributed by atoms with Gasteiger partial charge in [0.2, 0.25) is 11.8 Å². The molecule has 2 rings (SSSR count). The molecule has 0 saturated carbocycles. The van der Waals surface area contributed by atoms with Crippen LogP contribution in [-0.2, 0) is 9.59 Å². The van der Waals surface area contributed by atoms with E-state index in [1.165, 1.54) is 0 Å². The molecular weight excluding hydrogens is 182 g/mol. The molecule has 0 aromatic heterocycles. The van der Waals surface area contributed by atoms with E-state index in [4.69, 9.17) is 5.11 Å². The maximum absolute atomic E-state index is 11.6. The van der Waals surface area contributed by atoms with Gasteiger partial charge in [-0.15, -0.1) is 0 Å². The molecule has 4 nitrogen and oxygen atoms in total. The third kappa shape index (κ3) is 1.18. The molecule has 1 N–H and O–H groups in total. The van der Waals surface area contributed by atoms with E-state index in [9.17, 15) is 9.59 Å². The van der Waals surface area contributed by atoms with Crippen LogP contribution >= 0.6 is 0 Å². The van der Waals surface area contributed by atoms with Crippen LogP contribution in [0.15, 0.2) is 11.6 Å². The van der Waals surface area contributed by atoms with Gasteiger partial charge in [-0.05, 0) is 19.8 Å². The molecular formula is C10H13NO3. The van der Waals surface area contributed by atoms with Crippen molar-refractivity contribution < 1.29 is 14.7 Å². The molecule has 1 fully saturated rings. The molecule has 2 amide bonds. The number of aliphatic hydroxyl groups excluding tert-OH is 1. The SMILES string of the molecule is CC1=CCC2C(=O)N(CO)C(=O)C2C1. The van der Waals surface area contributed by atoms with Gasteiger partial charge in [0.15, 0.2) is 0 Å². The first kappa shape index (κ1) is 9.40. The van der Waals surface area contributed by atoms with Crippen LogP contribution in [0.5, 0.6) is 0 Å². The summed E-state index contributed by atoms with van der Waals surface area (Å²) in [6, 6.07) is 0. The van der Waals surface area contributed by atoms with Gasteiger partial charge in [0, 0.05) is 0 Å². The van der Waals surface area contributed by atoms with Crippen molar-refractivity contribution >= 4 is 11.8 Å². The van der Waals surface area contributed by atoms with Crippen molar-refractivity contribution in [2.45, 2.75) is 19.8 Å².